The molecule has 0 N–H and O–H groups in total. The lowest BCUT2D eigenvalue weighted by Crippen LogP contribution is -2.44. The number of hydrogen-bond donors (Lipinski definition) is 0. The summed E-state index contributed by atoms with van der Waals surface area (Å²) >= 11 is 0. The third-order valence-electron chi connectivity index (χ3n) is 5.24. The number of carbonyl (C=O) groups is 1. The van der Waals surface area contributed by atoms with Crippen LogP contribution >= 0.6 is 0 Å². The highest BCUT2D eigenvalue weighted by Crippen LogP contribution is 2.24. The van der Waals surface area contributed by atoms with Gasteiger partial charge < -0.3 is 9.64 Å². The van der Waals surface area contributed by atoms with Gasteiger partial charge in [-0.25, -0.2) is 0 Å². The molecule has 2 rings (SSSR count). The fourth-order valence-electron chi connectivity index (χ4n) is 3.06. The summed E-state index contributed by atoms with van der Waals surface area (Å²) in [7, 11) is 3.64. The maximum Gasteiger partial charge on any atom is 0.238 e. The van der Waals surface area contributed by atoms with Gasteiger partial charge in [0.2, 0.25) is 5.91 Å². The van der Waals surface area contributed by atoms with E-state index in [1.807, 2.05) is 51.1 Å². The first-order chi connectivity index (χ1) is 13.6. The molecule has 1 aromatic carbocycles. The van der Waals surface area contributed by atoms with Gasteiger partial charge in [0, 0.05) is 12.7 Å². The first kappa shape index (κ1) is 24.9. The first-order valence-corrected chi connectivity index (χ1v) is 10.5. The monoisotopic (exact) mass is 401 g/mol. The Balaban J connectivity index is 0.00000204. The second-order valence-corrected chi connectivity index (χ2v) is 8.31. The molecule has 5 nitrogen and oxygen atoms in total. The summed E-state index contributed by atoms with van der Waals surface area (Å²) in [6.07, 6.45) is 2.66. The van der Waals surface area contributed by atoms with Crippen LogP contribution in [0, 0.1) is 5.41 Å². The van der Waals surface area contributed by atoms with Crippen LogP contribution in [0.25, 0.3) is 0 Å². The van der Waals surface area contributed by atoms with Gasteiger partial charge in [-0.3, -0.25) is 14.7 Å². The van der Waals surface area contributed by atoms with Gasteiger partial charge >= 0.3 is 0 Å². The lowest BCUT2D eigenvalue weighted by atomic mass is 9.88. The van der Waals surface area contributed by atoms with E-state index in [4.69, 9.17) is 4.74 Å². The van der Waals surface area contributed by atoms with Crippen molar-refractivity contribution in [2.45, 2.75) is 61.1 Å². The molecule has 1 fully saturated rings. The van der Waals surface area contributed by atoms with Gasteiger partial charge in [0.1, 0.15) is 11.9 Å². The van der Waals surface area contributed by atoms with Crippen LogP contribution in [0.3, 0.4) is 0 Å². The van der Waals surface area contributed by atoms with Crippen molar-refractivity contribution in [1.82, 2.24) is 9.80 Å². The molecule has 1 amide bonds. The van der Waals surface area contributed by atoms with Crippen molar-refractivity contribution in [2.75, 3.05) is 27.2 Å². The lowest BCUT2D eigenvalue weighted by Gasteiger charge is -2.28. The van der Waals surface area contributed by atoms with E-state index in [1.54, 1.807) is 7.11 Å². The van der Waals surface area contributed by atoms with Crippen LogP contribution < -0.4 is 4.74 Å². The second-order valence-electron chi connectivity index (χ2n) is 8.31. The van der Waals surface area contributed by atoms with Gasteiger partial charge in [-0.1, -0.05) is 46.8 Å². The number of rotatable bonds is 6. The zero-order valence-electron chi connectivity index (χ0n) is 19.7. The lowest BCUT2D eigenvalue weighted by molar-refractivity contribution is -0.127. The number of likely N-dealkylation sites (N-methyl/N-ethyl adjacent to an activating group) is 1. The summed E-state index contributed by atoms with van der Waals surface area (Å²) in [5, 5.41) is 0. The molecule has 1 saturated heterocycles. The number of carbonyl (C=O) groups excluding carboxylic acids is 1. The van der Waals surface area contributed by atoms with Crippen LogP contribution in [0.1, 0.15) is 54.0 Å². The van der Waals surface area contributed by atoms with E-state index in [-0.39, 0.29) is 17.5 Å². The van der Waals surface area contributed by atoms with Crippen molar-refractivity contribution in [2.24, 2.45) is 10.4 Å². The van der Waals surface area contributed by atoms with Gasteiger partial charge in [0.05, 0.1) is 19.4 Å². The zero-order chi connectivity index (χ0) is 22.2. The standard InChI is InChI=1S/C22H33N3O2.C2H6/c1-16(22(3,4)5)14-23-17(2)21-24(6)15-20(26)25(21)13-12-18-8-10-19(27-7)11-9-18;1-2/h8-11,14,21H,12-13,15H2,1-7H3;1-2H3/b16-14+,23-17?;. The smallest absolute Gasteiger partial charge is 0.238 e. The van der Waals surface area contributed by atoms with Crippen molar-refractivity contribution in [1.29, 1.82) is 0 Å². The van der Waals surface area contributed by atoms with E-state index in [0.717, 1.165) is 17.9 Å². The van der Waals surface area contributed by atoms with E-state index in [1.165, 1.54) is 11.1 Å². The summed E-state index contributed by atoms with van der Waals surface area (Å²) in [6, 6.07) is 8.01. The Hall–Kier alpha value is -2.14. The normalized spacial score (nSPS) is 18.6. The Bertz CT molecular complexity index is 715. The summed E-state index contributed by atoms with van der Waals surface area (Å²) in [5.74, 6) is 1.000. The SMILES string of the molecule is CC.COc1ccc(CCN2C(=O)CN(C)C2C(C)=N/C=C(\C)C(C)(C)C)cc1. The summed E-state index contributed by atoms with van der Waals surface area (Å²) in [6.45, 7) is 15.7. The van der Waals surface area contributed by atoms with E-state index in [2.05, 4.69) is 49.7 Å². The summed E-state index contributed by atoms with van der Waals surface area (Å²) < 4.78 is 5.20. The third kappa shape index (κ3) is 7.00. The fourth-order valence-corrected chi connectivity index (χ4v) is 3.06. The molecule has 5 heteroatoms. The van der Waals surface area contributed by atoms with Crippen molar-refractivity contribution in [3.8, 4) is 5.75 Å². The number of aliphatic imine (C=N–C) groups is 1. The van der Waals surface area contributed by atoms with Crippen molar-refractivity contribution in [3.63, 3.8) is 0 Å². The average molecular weight is 402 g/mol. The molecule has 1 aromatic rings. The molecule has 29 heavy (non-hydrogen) atoms. The van der Waals surface area contributed by atoms with E-state index >= 15 is 0 Å². The molecule has 0 saturated carbocycles. The zero-order valence-corrected chi connectivity index (χ0v) is 19.7. The second kappa shape index (κ2) is 11.1. The van der Waals surface area contributed by atoms with Crippen LogP contribution in [0.2, 0.25) is 0 Å². The number of ether oxygens (including phenoxy) is 1. The van der Waals surface area contributed by atoms with E-state index in [9.17, 15) is 4.79 Å². The number of nitrogens with zero attached hydrogens (tertiary/aromatic N) is 3. The van der Waals surface area contributed by atoms with Crippen LogP contribution in [-0.2, 0) is 11.2 Å². The summed E-state index contributed by atoms with van der Waals surface area (Å²) in [4.78, 5) is 21.2. The number of hydrogen-bond acceptors (Lipinski definition) is 4. The van der Waals surface area contributed by atoms with Gasteiger partial charge in [0.15, 0.2) is 0 Å². The first-order valence-electron chi connectivity index (χ1n) is 10.5. The molecular weight excluding hydrogens is 362 g/mol. The fraction of sp³-hybridized carbons (Fsp3) is 0.583. The predicted molar refractivity (Wildman–Crippen MR) is 122 cm³/mol. The third-order valence-corrected chi connectivity index (χ3v) is 5.24. The minimum atomic E-state index is -0.0835. The largest absolute Gasteiger partial charge is 0.497 e. The van der Waals surface area contributed by atoms with Crippen LogP contribution in [0.15, 0.2) is 41.0 Å². The molecule has 0 bridgehead atoms. The molecule has 1 atom stereocenters. The molecule has 0 aliphatic carbocycles. The van der Waals surface area contributed by atoms with Gasteiger partial charge in [0.25, 0.3) is 0 Å². The Morgan fingerprint density at radius 1 is 1.21 bits per heavy atom. The number of allylic oxidation sites excluding steroid dienone is 1. The highest BCUT2D eigenvalue weighted by atomic mass is 16.5. The van der Waals surface area contributed by atoms with Crippen LogP contribution in [0.4, 0.5) is 0 Å². The van der Waals surface area contributed by atoms with Crippen molar-refractivity contribution in [3.05, 3.63) is 41.6 Å². The van der Waals surface area contributed by atoms with Crippen molar-refractivity contribution < 1.29 is 9.53 Å². The highest BCUT2D eigenvalue weighted by molar-refractivity contribution is 5.94. The molecule has 1 aliphatic heterocycles. The maximum absolute atomic E-state index is 12.5. The summed E-state index contributed by atoms with van der Waals surface area (Å²) in [5.41, 5.74) is 3.45. The molecular formula is C24H39N3O2. The Morgan fingerprint density at radius 2 is 1.79 bits per heavy atom. The van der Waals surface area contributed by atoms with Crippen LogP contribution in [0.5, 0.6) is 5.75 Å². The molecule has 0 aromatic heterocycles. The van der Waals surface area contributed by atoms with Crippen molar-refractivity contribution >= 4 is 11.6 Å². The number of benzene rings is 1. The molecule has 0 spiro atoms. The number of amides is 1. The average Bonchev–Trinajstić information content (AvgIpc) is 2.98. The molecule has 1 unspecified atom stereocenters. The van der Waals surface area contributed by atoms with Gasteiger partial charge in [-0.15, -0.1) is 0 Å². The predicted octanol–water partition coefficient (Wildman–Crippen LogP) is 4.77. The Labute approximate surface area is 177 Å². The Morgan fingerprint density at radius 3 is 2.31 bits per heavy atom. The van der Waals surface area contributed by atoms with E-state index < -0.39 is 0 Å². The minimum Gasteiger partial charge on any atom is -0.497 e. The van der Waals surface area contributed by atoms with E-state index in [0.29, 0.717) is 13.1 Å². The molecule has 1 aliphatic rings. The maximum atomic E-state index is 12.5. The molecule has 162 valence electrons. The quantitative estimate of drug-likeness (QED) is 0.645. The highest BCUT2D eigenvalue weighted by Gasteiger charge is 2.36. The minimum absolute atomic E-state index is 0.0835. The van der Waals surface area contributed by atoms with Gasteiger partial charge in [-0.2, -0.15) is 0 Å². The Kier molecular flexibility index (Phi) is 9.57. The molecule has 1 heterocycles. The van der Waals surface area contributed by atoms with Crippen LogP contribution in [-0.4, -0.2) is 54.8 Å². The number of methoxy groups -OCH3 is 1. The topological polar surface area (TPSA) is 45.1 Å². The molecule has 0 radical (unpaired) electrons. The van der Waals surface area contributed by atoms with Gasteiger partial charge in [-0.05, 0) is 56.0 Å².